The number of hydrogen-bond acceptors (Lipinski definition) is 5. The number of imide groups is 1. The van der Waals surface area contributed by atoms with Crippen molar-refractivity contribution < 1.29 is 23.9 Å². The molecular formula is C19H22N2O5. The van der Waals surface area contributed by atoms with Gasteiger partial charge in [-0.2, -0.15) is 0 Å². The molecule has 1 N–H and O–H groups in total. The van der Waals surface area contributed by atoms with Gasteiger partial charge in [0.05, 0.1) is 31.7 Å². The van der Waals surface area contributed by atoms with Crippen molar-refractivity contribution in [2.45, 2.75) is 25.8 Å². The summed E-state index contributed by atoms with van der Waals surface area (Å²) in [5.41, 5.74) is 0.448. The molecule has 7 heteroatoms. The summed E-state index contributed by atoms with van der Waals surface area (Å²) in [5.74, 6) is -0.656. The second-order valence-electron chi connectivity index (χ2n) is 6.43. The molecule has 0 unspecified atom stereocenters. The van der Waals surface area contributed by atoms with Crippen molar-refractivity contribution in [3.8, 4) is 11.5 Å². The predicted molar refractivity (Wildman–Crippen MR) is 94.8 cm³/mol. The average molecular weight is 358 g/mol. The van der Waals surface area contributed by atoms with E-state index in [4.69, 9.17) is 9.47 Å². The van der Waals surface area contributed by atoms with E-state index in [1.807, 2.05) is 12.2 Å². The molecule has 1 aliphatic carbocycles. The van der Waals surface area contributed by atoms with Gasteiger partial charge in [0.1, 0.15) is 17.5 Å². The lowest BCUT2D eigenvalue weighted by molar-refractivity contribution is -0.146. The molecule has 3 atom stereocenters. The molecule has 0 radical (unpaired) electrons. The molecule has 138 valence electrons. The predicted octanol–water partition coefficient (Wildman–Crippen LogP) is 1.98. The second-order valence-corrected chi connectivity index (χ2v) is 6.43. The smallest absolute Gasteiger partial charge is 0.247 e. The second kappa shape index (κ2) is 7.19. The normalized spacial score (nSPS) is 22.8. The number of amides is 3. The molecule has 26 heavy (non-hydrogen) atoms. The molecule has 3 rings (SSSR count). The van der Waals surface area contributed by atoms with Crippen molar-refractivity contribution in [1.82, 2.24) is 4.90 Å². The van der Waals surface area contributed by atoms with Gasteiger partial charge in [0, 0.05) is 6.07 Å². The Hall–Kier alpha value is -2.83. The summed E-state index contributed by atoms with van der Waals surface area (Å²) in [6.07, 6.45) is 4.93. The summed E-state index contributed by atoms with van der Waals surface area (Å²) < 4.78 is 10.4. The van der Waals surface area contributed by atoms with Gasteiger partial charge >= 0.3 is 0 Å². The SMILES string of the molecule is COc1ccc(NC(=O)[C@H](C)N2C(=O)[C@@H]3CC=CC[C@H]3C2=O)c(OC)c1. The summed E-state index contributed by atoms with van der Waals surface area (Å²) in [4.78, 5) is 39.0. The molecule has 1 heterocycles. The number of allylic oxidation sites excluding steroid dienone is 2. The number of carbonyl (C=O) groups is 3. The maximum absolute atomic E-state index is 12.7. The fraction of sp³-hybridized carbons (Fsp3) is 0.421. The van der Waals surface area contributed by atoms with E-state index >= 15 is 0 Å². The first-order valence-corrected chi connectivity index (χ1v) is 8.52. The average Bonchev–Trinajstić information content (AvgIpc) is 2.92. The van der Waals surface area contributed by atoms with Crippen LogP contribution in [-0.2, 0) is 14.4 Å². The minimum absolute atomic E-state index is 0.270. The summed E-state index contributed by atoms with van der Waals surface area (Å²) in [6.45, 7) is 1.56. The number of nitrogens with zero attached hydrogens (tertiary/aromatic N) is 1. The van der Waals surface area contributed by atoms with E-state index < -0.39 is 11.9 Å². The molecule has 1 aromatic rings. The van der Waals surface area contributed by atoms with Crippen molar-refractivity contribution in [3.63, 3.8) is 0 Å². The van der Waals surface area contributed by atoms with Crippen LogP contribution < -0.4 is 14.8 Å². The van der Waals surface area contributed by atoms with Gasteiger partial charge in [-0.1, -0.05) is 12.2 Å². The Morgan fingerprint density at radius 3 is 2.27 bits per heavy atom. The minimum atomic E-state index is -0.896. The fourth-order valence-electron chi connectivity index (χ4n) is 3.46. The highest BCUT2D eigenvalue weighted by Crippen LogP contribution is 2.36. The first kappa shape index (κ1) is 18.0. The van der Waals surface area contributed by atoms with Crippen LogP contribution in [0.3, 0.4) is 0 Å². The molecule has 1 fully saturated rings. The summed E-state index contributed by atoms with van der Waals surface area (Å²) in [7, 11) is 3.02. The van der Waals surface area contributed by atoms with E-state index in [9.17, 15) is 14.4 Å². The number of carbonyl (C=O) groups excluding carboxylic acids is 3. The molecule has 1 aromatic carbocycles. The molecule has 0 spiro atoms. The van der Waals surface area contributed by atoms with E-state index in [-0.39, 0.29) is 23.7 Å². The molecular weight excluding hydrogens is 336 g/mol. The maximum Gasteiger partial charge on any atom is 0.247 e. The molecule has 2 aliphatic rings. The van der Waals surface area contributed by atoms with Gasteiger partial charge in [0.2, 0.25) is 17.7 Å². The van der Waals surface area contributed by atoms with Crippen LogP contribution in [0.25, 0.3) is 0 Å². The van der Waals surface area contributed by atoms with Gasteiger partial charge in [0.15, 0.2) is 0 Å². The van der Waals surface area contributed by atoms with Crippen LogP contribution in [0.1, 0.15) is 19.8 Å². The number of hydrogen-bond donors (Lipinski definition) is 1. The van der Waals surface area contributed by atoms with Gasteiger partial charge in [-0.25, -0.2) is 0 Å². The Morgan fingerprint density at radius 2 is 1.73 bits per heavy atom. The van der Waals surface area contributed by atoms with E-state index in [0.717, 1.165) is 4.90 Å². The summed E-state index contributed by atoms with van der Waals surface area (Å²) >= 11 is 0. The monoisotopic (exact) mass is 358 g/mol. The van der Waals surface area contributed by atoms with Gasteiger partial charge in [-0.3, -0.25) is 19.3 Å². The summed E-state index contributed by atoms with van der Waals surface area (Å²) in [6, 6.07) is 4.09. The largest absolute Gasteiger partial charge is 0.497 e. The first-order chi connectivity index (χ1) is 12.5. The number of likely N-dealkylation sites (tertiary alicyclic amines) is 1. The molecule has 1 aliphatic heterocycles. The Labute approximate surface area is 151 Å². The van der Waals surface area contributed by atoms with E-state index in [2.05, 4.69) is 5.32 Å². The van der Waals surface area contributed by atoms with Crippen LogP contribution in [0.4, 0.5) is 5.69 Å². The van der Waals surface area contributed by atoms with Crippen LogP contribution in [0, 0.1) is 11.8 Å². The van der Waals surface area contributed by atoms with E-state index in [0.29, 0.717) is 30.0 Å². The lowest BCUT2D eigenvalue weighted by Crippen LogP contribution is -2.46. The lowest BCUT2D eigenvalue weighted by Gasteiger charge is -2.23. The van der Waals surface area contributed by atoms with Crippen LogP contribution in [-0.4, -0.2) is 42.9 Å². The van der Waals surface area contributed by atoms with Gasteiger partial charge in [0.25, 0.3) is 0 Å². The number of ether oxygens (including phenoxy) is 2. The Morgan fingerprint density at radius 1 is 1.12 bits per heavy atom. The third-order valence-electron chi connectivity index (χ3n) is 4.97. The fourth-order valence-corrected chi connectivity index (χ4v) is 3.46. The molecule has 1 saturated heterocycles. The minimum Gasteiger partial charge on any atom is -0.497 e. The topological polar surface area (TPSA) is 84.9 Å². The van der Waals surface area contributed by atoms with Crippen molar-refractivity contribution in [2.24, 2.45) is 11.8 Å². The number of benzene rings is 1. The van der Waals surface area contributed by atoms with E-state index in [1.165, 1.54) is 14.2 Å². The number of methoxy groups -OCH3 is 2. The van der Waals surface area contributed by atoms with Gasteiger partial charge in [-0.05, 0) is 31.9 Å². The number of fused-ring (bicyclic) bond motifs is 1. The number of anilines is 1. The van der Waals surface area contributed by atoms with Crippen molar-refractivity contribution in [3.05, 3.63) is 30.4 Å². The highest BCUT2D eigenvalue weighted by Gasteiger charge is 2.50. The van der Waals surface area contributed by atoms with Crippen LogP contribution >= 0.6 is 0 Å². The van der Waals surface area contributed by atoms with Crippen LogP contribution in [0.15, 0.2) is 30.4 Å². The highest BCUT2D eigenvalue weighted by atomic mass is 16.5. The highest BCUT2D eigenvalue weighted by molar-refractivity contribution is 6.10. The number of nitrogens with one attached hydrogen (secondary N) is 1. The maximum atomic E-state index is 12.7. The Bertz CT molecular complexity index is 747. The number of rotatable bonds is 5. The van der Waals surface area contributed by atoms with Crippen LogP contribution in [0.5, 0.6) is 11.5 Å². The molecule has 0 bridgehead atoms. The molecule has 7 nitrogen and oxygen atoms in total. The Kier molecular flexibility index (Phi) is 4.97. The third kappa shape index (κ3) is 3.05. The van der Waals surface area contributed by atoms with Gasteiger partial charge < -0.3 is 14.8 Å². The molecule has 0 aromatic heterocycles. The zero-order chi connectivity index (χ0) is 18.8. The summed E-state index contributed by atoms with van der Waals surface area (Å²) in [5, 5.41) is 2.73. The van der Waals surface area contributed by atoms with Gasteiger partial charge in [-0.15, -0.1) is 0 Å². The molecule has 3 amide bonds. The third-order valence-corrected chi connectivity index (χ3v) is 4.97. The quantitative estimate of drug-likeness (QED) is 0.643. The lowest BCUT2D eigenvalue weighted by atomic mass is 9.85. The zero-order valence-electron chi connectivity index (χ0n) is 15.0. The van der Waals surface area contributed by atoms with Crippen molar-refractivity contribution in [2.75, 3.05) is 19.5 Å². The first-order valence-electron chi connectivity index (χ1n) is 8.52. The standard InChI is InChI=1S/C19H22N2O5/c1-11(21-18(23)13-6-4-5-7-14(13)19(21)24)17(22)20-15-9-8-12(25-2)10-16(15)26-3/h4-5,8-11,13-14H,6-7H2,1-3H3,(H,20,22)/t11-,13+,14+/m0/s1. The van der Waals surface area contributed by atoms with Crippen molar-refractivity contribution >= 4 is 23.4 Å². The Balaban J connectivity index is 1.76. The van der Waals surface area contributed by atoms with E-state index in [1.54, 1.807) is 25.1 Å². The van der Waals surface area contributed by atoms with Crippen LogP contribution in [0.2, 0.25) is 0 Å². The zero-order valence-corrected chi connectivity index (χ0v) is 15.0. The molecule has 0 saturated carbocycles. The van der Waals surface area contributed by atoms with Crippen molar-refractivity contribution in [1.29, 1.82) is 0 Å².